The number of hydrogen-bond acceptors (Lipinski definition) is 4. The van der Waals surface area contributed by atoms with E-state index in [1.54, 1.807) is 13.2 Å². The molecule has 0 aromatic heterocycles. The molecule has 0 radical (unpaired) electrons. The van der Waals surface area contributed by atoms with Gasteiger partial charge in [-0.05, 0) is 24.6 Å². The monoisotopic (exact) mass is 232 g/mol. The van der Waals surface area contributed by atoms with Crippen LogP contribution in [0.3, 0.4) is 0 Å². The van der Waals surface area contributed by atoms with Crippen molar-refractivity contribution in [2.45, 2.75) is 19.0 Å². The summed E-state index contributed by atoms with van der Waals surface area (Å²) in [4.78, 5) is 0. The number of rotatable bonds is 4. The highest BCUT2D eigenvalue weighted by Gasteiger charge is 2.15. The third kappa shape index (κ3) is 2.96. The van der Waals surface area contributed by atoms with E-state index in [1.165, 1.54) is 0 Å². The first kappa shape index (κ1) is 11.9. The second kappa shape index (κ2) is 5.67. The van der Waals surface area contributed by atoms with E-state index >= 15 is 0 Å². The molecule has 1 unspecified atom stereocenters. The second-order valence-electron chi connectivity index (χ2n) is 4.08. The van der Waals surface area contributed by atoms with Gasteiger partial charge < -0.3 is 14.8 Å². The number of nitrogens with zero attached hydrogens (tertiary/aromatic N) is 1. The molecule has 1 aromatic rings. The molecule has 0 aliphatic carbocycles. The van der Waals surface area contributed by atoms with Gasteiger partial charge in [0.15, 0.2) is 0 Å². The van der Waals surface area contributed by atoms with Gasteiger partial charge in [0.25, 0.3) is 0 Å². The maximum Gasteiger partial charge on any atom is 0.123 e. The normalized spacial score (nSPS) is 18.9. The van der Waals surface area contributed by atoms with Crippen LogP contribution in [-0.4, -0.2) is 26.4 Å². The zero-order valence-corrected chi connectivity index (χ0v) is 9.90. The molecular weight excluding hydrogens is 216 g/mol. The molecule has 4 nitrogen and oxygen atoms in total. The van der Waals surface area contributed by atoms with Gasteiger partial charge >= 0.3 is 0 Å². The fourth-order valence-electron chi connectivity index (χ4n) is 1.94. The van der Waals surface area contributed by atoms with Gasteiger partial charge in [-0.1, -0.05) is 0 Å². The summed E-state index contributed by atoms with van der Waals surface area (Å²) in [6.45, 7) is 2.29. The van der Waals surface area contributed by atoms with Crippen LogP contribution in [0.1, 0.15) is 17.5 Å². The lowest BCUT2D eigenvalue weighted by atomic mass is 10.1. The van der Waals surface area contributed by atoms with Gasteiger partial charge in [0.05, 0.1) is 25.3 Å². The molecule has 0 spiro atoms. The van der Waals surface area contributed by atoms with Crippen molar-refractivity contribution < 1.29 is 9.47 Å². The molecule has 17 heavy (non-hydrogen) atoms. The molecule has 0 amide bonds. The lowest BCUT2D eigenvalue weighted by Crippen LogP contribution is -2.28. The molecule has 1 fully saturated rings. The minimum absolute atomic E-state index is 0.408. The summed E-state index contributed by atoms with van der Waals surface area (Å²) < 4.78 is 10.6. The smallest absolute Gasteiger partial charge is 0.123 e. The number of nitrogens with one attached hydrogen (secondary N) is 1. The van der Waals surface area contributed by atoms with Crippen LogP contribution in [-0.2, 0) is 11.3 Å². The zero-order valence-electron chi connectivity index (χ0n) is 9.90. The van der Waals surface area contributed by atoms with Crippen LogP contribution in [0.4, 0.5) is 0 Å². The lowest BCUT2D eigenvalue weighted by molar-refractivity contribution is 0.189. The van der Waals surface area contributed by atoms with Crippen molar-refractivity contribution in [1.29, 1.82) is 5.26 Å². The Kier molecular flexibility index (Phi) is 3.97. The van der Waals surface area contributed by atoms with Crippen LogP contribution in [0.15, 0.2) is 18.2 Å². The van der Waals surface area contributed by atoms with E-state index in [9.17, 15) is 0 Å². The summed E-state index contributed by atoms with van der Waals surface area (Å²) >= 11 is 0. The van der Waals surface area contributed by atoms with Gasteiger partial charge in [0, 0.05) is 24.8 Å². The minimum Gasteiger partial charge on any atom is -0.496 e. The molecule has 0 saturated carbocycles. The molecule has 1 aliphatic heterocycles. The van der Waals surface area contributed by atoms with E-state index in [1.807, 2.05) is 12.1 Å². The third-order valence-corrected chi connectivity index (χ3v) is 2.92. The Morgan fingerprint density at radius 3 is 3.12 bits per heavy atom. The first-order valence-corrected chi connectivity index (χ1v) is 5.71. The summed E-state index contributed by atoms with van der Waals surface area (Å²) in [6, 6.07) is 8.01. The molecule has 2 rings (SSSR count). The largest absolute Gasteiger partial charge is 0.496 e. The summed E-state index contributed by atoms with van der Waals surface area (Å²) in [5, 5.41) is 12.3. The van der Waals surface area contributed by atoms with Crippen molar-refractivity contribution in [1.82, 2.24) is 5.32 Å². The molecule has 1 atom stereocenters. The van der Waals surface area contributed by atoms with E-state index in [0.717, 1.165) is 30.9 Å². The second-order valence-corrected chi connectivity index (χ2v) is 4.08. The highest BCUT2D eigenvalue weighted by molar-refractivity contribution is 5.42. The maximum atomic E-state index is 8.87. The number of ether oxygens (including phenoxy) is 2. The van der Waals surface area contributed by atoms with Crippen molar-refractivity contribution in [3.63, 3.8) is 0 Å². The highest BCUT2D eigenvalue weighted by atomic mass is 16.5. The van der Waals surface area contributed by atoms with E-state index in [-0.39, 0.29) is 0 Å². The van der Waals surface area contributed by atoms with E-state index < -0.39 is 0 Å². The van der Waals surface area contributed by atoms with Crippen molar-refractivity contribution in [3.8, 4) is 11.8 Å². The summed E-state index contributed by atoms with van der Waals surface area (Å²) in [6.07, 6.45) is 1.04. The molecule has 1 aliphatic rings. The van der Waals surface area contributed by atoms with Gasteiger partial charge in [-0.3, -0.25) is 0 Å². The lowest BCUT2D eigenvalue weighted by Gasteiger charge is -2.13. The van der Waals surface area contributed by atoms with Crippen LogP contribution in [0.25, 0.3) is 0 Å². The number of nitriles is 1. The fraction of sp³-hybridized carbons (Fsp3) is 0.462. The van der Waals surface area contributed by atoms with Crippen molar-refractivity contribution in [2.75, 3.05) is 20.3 Å². The predicted molar refractivity (Wildman–Crippen MR) is 63.8 cm³/mol. The molecule has 1 N–H and O–H groups in total. The minimum atomic E-state index is 0.408. The Labute approximate surface area is 101 Å². The van der Waals surface area contributed by atoms with Crippen LogP contribution < -0.4 is 10.1 Å². The van der Waals surface area contributed by atoms with Gasteiger partial charge in [-0.15, -0.1) is 0 Å². The Balaban J connectivity index is 2.04. The van der Waals surface area contributed by atoms with E-state index in [4.69, 9.17) is 14.7 Å². The zero-order chi connectivity index (χ0) is 12.1. The molecular formula is C13H16N2O2. The van der Waals surface area contributed by atoms with E-state index in [2.05, 4.69) is 11.4 Å². The Morgan fingerprint density at radius 2 is 2.47 bits per heavy atom. The van der Waals surface area contributed by atoms with Crippen molar-refractivity contribution in [2.24, 2.45) is 0 Å². The standard InChI is InChI=1S/C13H16N2O2/c1-16-13-3-2-10(7-14)6-11(13)8-15-12-4-5-17-9-12/h2-3,6,12,15H,4-5,8-9H2,1H3. The van der Waals surface area contributed by atoms with Gasteiger partial charge in [0.2, 0.25) is 0 Å². The number of benzene rings is 1. The molecule has 4 heteroatoms. The van der Waals surface area contributed by atoms with Crippen molar-refractivity contribution in [3.05, 3.63) is 29.3 Å². The Hall–Kier alpha value is -1.57. The van der Waals surface area contributed by atoms with Gasteiger partial charge in [0.1, 0.15) is 5.75 Å². The Morgan fingerprint density at radius 1 is 1.59 bits per heavy atom. The van der Waals surface area contributed by atoms with Crippen LogP contribution in [0.5, 0.6) is 5.75 Å². The number of methoxy groups -OCH3 is 1. The Bertz CT molecular complexity index is 420. The van der Waals surface area contributed by atoms with Gasteiger partial charge in [-0.25, -0.2) is 0 Å². The SMILES string of the molecule is COc1ccc(C#N)cc1CNC1CCOC1. The first-order valence-electron chi connectivity index (χ1n) is 5.71. The summed E-state index contributed by atoms with van der Waals surface area (Å²) in [5.41, 5.74) is 1.67. The molecule has 1 heterocycles. The summed E-state index contributed by atoms with van der Waals surface area (Å²) in [7, 11) is 1.64. The highest BCUT2D eigenvalue weighted by Crippen LogP contribution is 2.20. The van der Waals surface area contributed by atoms with Crippen LogP contribution >= 0.6 is 0 Å². The molecule has 0 bridgehead atoms. The van der Waals surface area contributed by atoms with Crippen LogP contribution in [0, 0.1) is 11.3 Å². The molecule has 1 saturated heterocycles. The molecule has 1 aromatic carbocycles. The van der Waals surface area contributed by atoms with Gasteiger partial charge in [-0.2, -0.15) is 5.26 Å². The average Bonchev–Trinajstić information content (AvgIpc) is 2.89. The van der Waals surface area contributed by atoms with Crippen LogP contribution in [0.2, 0.25) is 0 Å². The topological polar surface area (TPSA) is 54.3 Å². The quantitative estimate of drug-likeness (QED) is 0.853. The third-order valence-electron chi connectivity index (χ3n) is 2.92. The average molecular weight is 232 g/mol. The van der Waals surface area contributed by atoms with Crippen molar-refractivity contribution >= 4 is 0 Å². The maximum absolute atomic E-state index is 8.87. The fourth-order valence-corrected chi connectivity index (χ4v) is 1.94. The molecule has 90 valence electrons. The number of hydrogen-bond donors (Lipinski definition) is 1. The van der Waals surface area contributed by atoms with E-state index in [0.29, 0.717) is 18.2 Å². The predicted octanol–water partition coefficient (Wildman–Crippen LogP) is 1.45. The summed E-state index contributed by atoms with van der Waals surface area (Å²) in [5.74, 6) is 0.815. The first-order chi connectivity index (χ1) is 8.33.